The van der Waals surface area contributed by atoms with E-state index in [4.69, 9.17) is 12.2 Å². The number of piperazine rings is 1. The van der Waals surface area contributed by atoms with Gasteiger partial charge >= 0.3 is 0 Å². The number of carbonyl (C=O) groups is 1. The number of H-pyrrole nitrogens is 2. The fourth-order valence-corrected chi connectivity index (χ4v) is 3.73. The Morgan fingerprint density at radius 3 is 2.62 bits per heavy atom. The number of anilines is 1. The van der Waals surface area contributed by atoms with Crippen LogP contribution in [-0.4, -0.2) is 47.0 Å². The van der Waals surface area contributed by atoms with Crippen LogP contribution in [0.1, 0.15) is 15.9 Å². The van der Waals surface area contributed by atoms with Crippen LogP contribution in [0.15, 0.2) is 41.2 Å². The Kier molecular flexibility index (Phi) is 4.86. The first kappa shape index (κ1) is 18.8. The number of nitrogens with one attached hydrogen (secondary N) is 2. The van der Waals surface area contributed by atoms with Gasteiger partial charge in [0.1, 0.15) is 17.4 Å². The van der Waals surface area contributed by atoms with Crippen LogP contribution >= 0.6 is 12.2 Å². The lowest BCUT2D eigenvalue weighted by Gasteiger charge is -2.36. The lowest BCUT2D eigenvalue weighted by Crippen LogP contribution is -2.49. The van der Waals surface area contributed by atoms with Gasteiger partial charge in [0.15, 0.2) is 4.77 Å². The molecule has 1 aliphatic rings. The van der Waals surface area contributed by atoms with E-state index in [2.05, 4.69) is 9.97 Å². The van der Waals surface area contributed by atoms with E-state index in [-0.39, 0.29) is 21.8 Å². The number of rotatable bonds is 2. The summed E-state index contributed by atoms with van der Waals surface area (Å²) in [4.78, 5) is 33.8. The van der Waals surface area contributed by atoms with Crippen LogP contribution in [0.3, 0.4) is 0 Å². The minimum Gasteiger partial charge on any atom is -0.367 e. The van der Waals surface area contributed by atoms with E-state index in [0.29, 0.717) is 48.3 Å². The number of aromatic amines is 2. The number of carbonyl (C=O) groups excluding carboxylic acids is 1. The van der Waals surface area contributed by atoms with Crippen molar-refractivity contribution in [2.45, 2.75) is 0 Å². The third kappa shape index (κ3) is 3.50. The van der Waals surface area contributed by atoms with Gasteiger partial charge in [-0.25, -0.2) is 4.39 Å². The molecule has 9 heteroatoms. The standard InChI is InChI=1S/C20H16FN5O2S/c21-15-2-1-3-17(14(15)11-22)25-6-8-26(9-7-25)19(28)12-4-5-13-16(10-12)23-20(29)24-18(13)27/h1-5,10H,6-9H2,(H2,23,24,27,29). The zero-order chi connectivity index (χ0) is 20.5. The lowest BCUT2D eigenvalue weighted by atomic mass is 10.1. The van der Waals surface area contributed by atoms with Gasteiger partial charge in [0.05, 0.1) is 16.6 Å². The maximum absolute atomic E-state index is 13.9. The second-order valence-electron chi connectivity index (χ2n) is 6.69. The van der Waals surface area contributed by atoms with Crippen molar-refractivity contribution in [3.8, 4) is 6.07 Å². The second-order valence-corrected chi connectivity index (χ2v) is 7.10. The third-order valence-corrected chi connectivity index (χ3v) is 5.20. The Morgan fingerprint density at radius 1 is 1.14 bits per heavy atom. The number of amides is 1. The molecule has 0 aliphatic carbocycles. The Morgan fingerprint density at radius 2 is 1.90 bits per heavy atom. The molecule has 2 aromatic carbocycles. The molecule has 1 amide bonds. The van der Waals surface area contributed by atoms with Crippen molar-refractivity contribution in [2.24, 2.45) is 0 Å². The van der Waals surface area contributed by atoms with E-state index in [1.165, 1.54) is 6.07 Å². The predicted octanol–water partition coefficient (Wildman–Crippen LogP) is 2.56. The van der Waals surface area contributed by atoms with Crippen LogP contribution in [-0.2, 0) is 0 Å². The zero-order valence-electron chi connectivity index (χ0n) is 15.2. The van der Waals surface area contributed by atoms with Crippen molar-refractivity contribution < 1.29 is 9.18 Å². The van der Waals surface area contributed by atoms with Gasteiger partial charge in [-0.1, -0.05) is 6.07 Å². The van der Waals surface area contributed by atoms with Gasteiger partial charge in [-0.3, -0.25) is 14.6 Å². The van der Waals surface area contributed by atoms with Crippen molar-refractivity contribution in [3.63, 3.8) is 0 Å². The van der Waals surface area contributed by atoms with E-state index >= 15 is 0 Å². The van der Waals surface area contributed by atoms with E-state index in [0.717, 1.165) is 0 Å². The summed E-state index contributed by atoms with van der Waals surface area (Å²) in [7, 11) is 0. The fourth-order valence-electron chi connectivity index (χ4n) is 3.52. The first-order chi connectivity index (χ1) is 14.0. The minimum atomic E-state index is -0.549. The van der Waals surface area contributed by atoms with E-state index in [9.17, 15) is 19.2 Å². The highest BCUT2D eigenvalue weighted by atomic mass is 32.1. The topological polar surface area (TPSA) is 96.0 Å². The molecule has 146 valence electrons. The highest BCUT2D eigenvalue weighted by Gasteiger charge is 2.24. The molecule has 0 unspecified atom stereocenters. The summed E-state index contributed by atoms with van der Waals surface area (Å²) in [5.41, 5.74) is 1.20. The van der Waals surface area contributed by atoms with E-state index < -0.39 is 5.82 Å². The second kappa shape index (κ2) is 7.48. The molecule has 0 spiro atoms. The fraction of sp³-hybridized carbons (Fsp3) is 0.200. The molecule has 2 heterocycles. The number of aromatic nitrogens is 2. The third-order valence-electron chi connectivity index (χ3n) is 5.00. The smallest absolute Gasteiger partial charge is 0.259 e. The van der Waals surface area contributed by atoms with E-state index in [1.54, 1.807) is 35.2 Å². The normalized spacial score (nSPS) is 14.1. The molecule has 0 radical (unpaired) electrons. The van der Waals surface area contributed by atoms with Crippen molar-refractivity contribution in [2.75, 3.05) is 31.1 Å². The van der Waals surface area contributed by atoms with Gasteiger partial charge in [0, 0.05) is 31.7 Å². The summed E-state index contributed by atoms with van der Waals surface area (Å²) >= 11 is 4.99. The number of benzene rings is 2. The molecule has 1 aliphatic heterocycles. The molecule has 2 N–H and O–H groups in total. The van der Waals surface area contributed by atoms with Gasteiger partial charge in [-0.15, -0.1) is 0 Å². The molecule has 7 nitrogen and oxygen atoms in total. The monoisotopic (exact) mass is 409 g/mol. The largest absolute Gasteiger partial charge is 0.367 e. The van der Waals surface area contributed by atoms with Crippen LogP contribution in [0.4, 0.5) is 10.1 Å². The number of hydrogen-bond acceptors (Lipinski definition) is 5. The Labute approximate surface area is 170 Å². The highest BCUT2D eigenvalue weighted by molar-refractivity contribution is 7.71. The number of nitriles is 1. The summed E-state index contributed by atoms with van der Waals surface area (Å²) < 4.78 is 14.1. The summed E-state index contributed by atoms with van der Waals surface area (Å²) in [6.07, 6.45) is 0. The van der Waals surface area contributed by atoms with Crippen molar-refractivity contribution in [1.29, 1.82) is 5.26 Å². The van der Waals surface area contributed by atoms with Crippen LogP contribution in [0.5, 0.6) is 0 Å². The molecule has 29 heavy (non-hydrogen) atoms. The van der Waals surface area contributed by atoms with Crippen LogP contribution in [0.2, 0.25) is 0 Å². The van der Waals surface area contributed by atoms with Gasteiger partial charge in [0.2, 0.25) is 0 Å². The molecule has 0 atom stereocenters. The molecule has 1 saturated heterocycles. The first-order valence-electron chi connectivity index (χ1n) is 8.97. The molecule has 1 fully saturated rings. The van der Waals surface area contributed by atoms with Crippen molar-refractivity contribution in [3.05, 3.63) is 68.5 Å². The SMILES string of the molecule is N#Cc1c(F)cccc1N1CCN(C(=O)c2ccc3c(=O)[nH]c(=S)[nH]c3c2)CC1. The van der Waals surface area contributed by atoms with Crippen LogP contribution in [0, 0.1) is 21.9 Å². The Bertz CT molecular complexity index is 1270. The first-order valence-corrected chi connectivity index (χ1v) is 9.38. The maximum Gasteiger partial charge on any atom is 0.259 e. The quantitative estimate of drug-likeness (QED) is 0.634. The molecular weight excluding hydrogens is 393 g/mol. The average molecular weight is 409 g/mol. The minimum absolute atomic E-state index is 0.0160. The number of halogens is 1. The molecule has 0 bridgehead atoms. The number of fused-ring (bicyclic) bond motifs is 1. The van der Waals surface area contributed by atoms with Crippen LogP contribution in [0.25, 0.3) is 10.9 Å². The number of hydrogen-bond donors (Lipinski definition) is 2. The van der Waals surface area contributed by atoms with Gasteiger partial charge in [0.25, 0.3) is 11.5 Å². The predicted molar refractivity (Wildman–Crippen MR) is 109 cm³/mol. The summed E-state index contributed by atoms with van der Waals surface area (Å²) in [5.74, 6) is -0.710. The van der Waals surface area contributed by atoms with Gasteiger partial charge in [-0.2, -0.15) is 5.26 Å². The summed E-state index contributed by atoms with van der Waals surface area (Å²) in [6, 6.07) is 11.3. The van der Waals surface area contributed by atoms with E-state index in [1.807, 2.05) is 11.0 Å². The Balaban J connectivity index is 1.53. The molecule has 1 aromatic heterocycles. The average Bonchev–Trinajstić information content (AvgIpc) is 2.72. The summed E-state index contributed by atoms with van der Waals surface area (Å²) in [6.45, 7) is 1.84. The Hall–Kier alpha value is -3.51. The highest BCUT2D eigenvalue weighted by Crippen LogP contribution is 2.24. The van der Waals surface area contributed by atoms with Crippen molar-refractivity contribution >= 4 is 34.7 Å². The van der Waals surface area contributed by atoms with Gasteiger partial charge in [-0.05, 0) is 42.5 Å². The van der Waals surface area contributed by atoms with Crippen LogP contribution < -0.4 is 10.5 Å². The molecular formula is C20H16FN5O2S. The van der Waals surface area contributed by atoms with Crippen molar-refractivity contribution in [1.82, 2.24) is 14.9 Å². The molecule has 3 aromatic rings. The maximum atomic E-state index is 13.9. The van der Waals surface area contributed by atoms with Gasteiger partial charge < -0.3 is 14.8 Å². The molecule has 4 rings (SSSR count). The molecule has 0 saturated carbocycles. The summed E-state index contributed by atoms with van der Waals surface area (Å²) in [5, 5.41) is 9.65. The number of nitrogens with zero attached hydrogens (tertiary/aromatic N) is 3. The lowest BCUT2D eigenvalue weighted by molar-refractivity contribution is 0.0747. The zero-order valence-corrected chi connectivity index (χ0v) is 16.1.